The monoisotopic (exact) mass is 471 g/mol. The summed E-state index contributed by atoms with van der Waals surface area (Å²) in [5.41, 5.74) is -0.0155. The highest BCUT2D eigenvalue weighted by Gasteiger charge is 2.23. The van der Waals surface area contributed by atoms with Crippen LogP contribution in [-0.2, 0) is 15.6 Å². The van der Waals surface area contributed by atoms with Crippen LogP contribution in [0.4, 0.5) is 8.78 Å². The van der Waals surface area contributed by atoms with Crippen LogP contribution in [0.5, 0.6) is 11.5 Å². The number of hydrogen-bond donors (Lipinski definition) is 0. The summed E-state index contributed by atoms with van der Waals surface area (Å²) in [7, 11) is -3.89. The Bertz CT molecular complexity index is 1500. The zero-order valence-electron chi connectivity index (χ0n) is 17.7. The van der Waals surface area contributed by atoms with Crippen molar-refractivity contribution in [1.82, 2.24) is 14.5 Å². The summed E-state index contributed by atoms with van der Waals surface area (Å²) >= 11 is 0. The van der Waals surface area contributed by atoms with Gasteiger partial charge in [-0.1, -0.05) is 36.4 Å². The Morgan fingerprint density at radius 2 is 1.76 bits per heavy atom. The van der Waals surface area contributed by atoms with Crippen LogP contribution in [0.15, 0.2) is 70.7 Å². The van der Waals surface area contributed by atoms with Crippen molar-refractivity contribution in [1.29, 1.82) is 0 Å². The molecular weight excluding hydrogens is 452 g/mol. The van der Waals surface area contributed by atoms with Gasteiger partial charge in [-0.25, -0.2) is 17.8 Å². The van der Waals surface area contributed by atoms with Crippen LogP contribution < -0.4 is 10.3 Å². The van der Waals surface area contributed by atoms with E-state index in [1.165, 1.54) is 29.0 Å². The van der Waals surface area contributed by atoms with Gasteiger partial charge in [0.2, 0.25) is 20.8 Å². The van der Waals surface area contributed by atoms with E-state index in [1.54, 1.807) is 44.2 Å². The molecule has 170 valence electrons. The summed E-state index contributed by atoms with van der Waals surface area (Å²) in [5.74, 6) is -3.37. The van der Waals surface area contributed by atoms with Crippen molar-refractivity contribution in [3.8, 4) is 11.5 Å². The summed E-state index contributed by atoms with van der Waals surface area (Å²) in [5, 5.41) is -0.119. The van der Waals surface area contributed by atoms with E-state index < -0.39 is 44.0 Å². The van der Waals surface area contributed by atoms with E-state index in [0.29, 0.717) is 10.9 Å². The topological polar surface area (TPSA) is 91.2 Å². The number of sulfone groups is 1. The third-order valence-electron chi connectivity index (χ3n) is 4.85. The van der Waals surface area contributed by atoms with Crippen LogP contribution in [-0.4, -0.2) is 23.0 Å². The maximum absolute atomic E-state index is 14.1. The molecule has 0 atom stereocenters. The van der Waals surface area contributed by atoms with Crippen molar-refractivity contribution >= 4 is 20.9 Å². The van der Waals surface area contributed by atoms with Crippen molar-refractivity contribution in [2.45, 2.75) is 30.8 Å². The second kappa shape index (κ2) is 8.70. The predicted octanol–water partition coefficient (Wildman–Crippen LogP) is 4.42. The standard InChI is InChI=1S/C23H19F2N3O4S/c1-14(2)28-21-16(11-19(22(28)29)32-18-10-6-9-17(24)20(18)25)12-26-23(27-21)33(30,31)13-15-7-4-3-5-8-15/h3-12,14H,13H2,1-2H3. The van der Waals surface area contributed by atoms with Gasteiger partial charge in [-0.05, 0) is 37.6 Å². The van der Waals surface area contributed by atoms with E-state index in [1.807, 2.05) is 0 Å². The van der Waals surface area contributed by atoms with E-state index in [4.69, 9.17) is 4.74 Å². The highest BCUT2D eigenvalue weighted by Crippen LogP contribution is 2.27. The lowest BCUT2D eigenvalue weighted by molar-refractivity contribution is 0.407. The summed E-state index contributed by atoms with van der Waals surface area (Å²) in [6.45, 7) is 3.40. The molecule has 0 spiro atoms. The van der Waals surface area contributed by atoms with Gasteiger partial charge in [0.25, 0.3) is 5.56 Å². The molecule has 0 unspecified atom stereocenters. The zero-order chi connectivity index (χ0) is 23.8. The molecule has 2 aromatic carbocycles. The largest absolute Gasteiger partial charge is 0.448 e. The van der Waals surface area contributed by atoms with Crippen LogP contribution in [0.2, 0.25) is 0 Å². The SMILES string of the molecule is CC(C)n1c(=O)c(Oc2cccc(F)c2F)cc2cnc(S(=O)(=O)Cc3ccccc3)nc21. The van der Waals surface area contributed by atoms with Crippen LogP contribution in [0.3, 0.4) is 0 Å². The van der Waals surface area contributed by atoms with Gasteiger partial charge in [0, 0.05) is 17.6 Å². The van der Waals surface area contributed by atoms with Crippen LogP contribution >= 0.6 is 0 Å². The van der Waals surface area contributed by atoms with Gasteiger partial charge in [0.05, 0.1) is 5.75 Å². The lowest BCUT2D eigenvalue weighted by Gasteiger charge is -2.16. The molecule has 33 heavy (non-hydrogen) atoms. The molecule has 0 amide bonds. The number of rotatable bonds is 6. The second-order valence-corrected chi connectivity index (χ2v) is 9.49. The summed E-state index contributed by atoms with van der Waals surface area (Å²) < 4.78 is 59.9. The molecule has 0 aliphatic rings. The molecule has 0 saturated carbocycles. The third-order valence-corrected chi connectivity index (χ3v) is 6.31. The van der Waals surface area contributed by atoms with E-state index in [-0.39, 0.29) is 17.1 Å². The number of nitrogens with zero attached hydrogens (tertiary/aromatic N) is 3. The first kappa shape index (κ1) is 22.5. The molecule has 0 N–H and O–H groups in total. The van der Waals surface area contributed by atoms with Crippen molar-refractivity contribution < 1.29 is 21.9 Å². The molecule has 0 aliphatic carbocycles. The maximum atomic E-state index is 14.1. The smallest absolute Gasteiger partial charge is 0.295 e. The van der Waals surface area contributed by atoms with Crippen LogP contribution in [0.25, 0.3) is 11.0 Å². The van der Waals surface area contributed by atoms with Gasteiger partial charge in [-0.2, -0.15) is 9.37 Å². The minimum Gasteiger partial charge on any atom is -0.448 e. The molecule has 0 fully saturated rings. The van der Waals surface area contributed by atoms with Gasteiger partial charge in [0.15, 0.2) is 17.3 Å². The van der Waals surface area contributed by atoms with E-state index >= 15 is 0 Å². The fourth-order valence-electron chi connectivity index (χ4n) is 3.32. The highest BCUT2D eigenvalue weighted by molar-refractivity contribution is 7.90. The van der Waals surface area contributed by atoms with E-state index in [2.05, 4.69) is 9.97 Å². The second-order valence-electron chi connectivity index (χ2n) is 7.61. The predicted molar refractivity (Wildman–Crippen MR) is 118 cm³/mol. The number of fused-ring (bicyclic) bond motifs is 1. The molecule has 2 heterocycles. The minimum atomic E-state index is -3.89. The molecule has 0 saturated heterocycles. The fraction of sp³-hybridized carbons (Fsp3) is 0.174. The maximum Gasteiger partial charge on any atom is 0.295 e. The molecule has 4 aromatic rings. The molecule has 7 nitrogen and oxygen atoms in total. The van der Waals surface area contributed by atoms with Crippen molar-refractivity contribution in [2.24, 2.45) is 0 Å². The quantitative estimate of drug-likeness (QED) is 0.387. The summed E-state index contributed by atoms with van der Waals surface area (Å²) in [6, 6.07) is 12.8. The van der Waals surface area contributed by atoms with Crippen LogP contribution in [0, 0.1) is 11.6 Å². The lowest BCUT2D eigenvalue weighted by Crippen LogP contribution is -2.25. The molecular formula is C23H19F2N3O4S. The van der Waals surface area contributed by atoms with Gasteiger partial charge in [0.1, 0.15) is 5.65 Å². The van der Waals surface area contributed by atoms with Gasteiger partial charge >= 0.3 is 0 Å². The minimum absolute atomic E-state index is 0.0868. The van der Waals surface area contributed by atoms with Gasteiger partial charge in [-0.3, -0.25) is 9.36 Å². The Kier molecular flexibility index (Phi) is 5.94. The van der Waals surface area contributed by atoms with Gasteiger partial charge in [-0.15, -0.1) is 0 Å². The first-order valence-corrected chi connectivity index (χ1v) is 11.6. The third kappa shape index (κ3) is 4.47. The number of pyridine rings is 1. The summed E-state index contributed by atoms with van der Waals surface area (Å²) in [4.78, 5) is 21.2. The highest BCUT2D eigenvalue weighted by atomic mass is 32.2. The molecule has 0 radical (unpaired) electrons. The lowest BCUT2D eigenvalue weighted by atomic mass is 10.2. The molecule has 2 aromatic heterocycles. The average Bonchev–Trinajstić information content (AvgIpc) is 2.77. The normalized spacial score (nSPS) is 11.8. The van der Waals surface area contributed by atoms with Crippen molar-refractivity contribution in [3.05, 3.63) is 88.3 Å². The molecule has 4 rings (SSSR count). The zero-order valence-corrected chi connectivity index (χ0v) is 18.5. The van der Waals surface area contributed by atoms with E-state index in [9.17, 15) is 22.0 Å². The number of aromatic nitrogens is 3. The summed E-state index contributed by atoms with van der Waals surface area (Å²) in [6.07, 6.45) is 1.26. The number of ether oxygens (including phenoxy) is 1. The van der Waals surface area contributed by atoms with Crippen molar-refractivity contribution in [2.75, 3.05) is 0 Å². The fourth-order valence-corrected chi connectivity index (χ4v) is 4.52. The first-order valence-electron chi connectivity index (χ1n) is 9.98. The Morgan fingerprint density at radius 3 is 2.45 bits per heavy atom. The first-order chi connectivity index (χ1) is 15.7. The molecule has 0 bridgehead atoms. The number of halogens is 2. The van der Waals surface area contributed by atoms with Crippen LogP contribution in [0.1, 0.15) is 25.5 Å². The Hall–Kier alpha value is -3.66. The van der Waals surface area contributed by atoms with Gasteiger partial charge < -0.3 is 4.74 Å². The average molecular weight is 471 g/mol. The Balaban J connectivity index is 1.82. The molecule has 0 aliphatic heterocycles. The number of benzene rings is 2. The number of hydrogen-bond acceptors (Lipinski definition) is 6. The Morgan fingerprint density at radius 1 is 1.03 bits per heavy atom. The molecule has 10 heteroatoms. The Labute approximate surface area is 188 Å². The van der Waals surface area contributed by atoms with Crippen molar-refractivity contribution in [3.63, 3.8) is 0 Å². The van der Waals surface area contributed by atoms with E-state index in [0.717, 1.165) is 6.07 Å².